The fourth-order valence-corrected chi connectivity index (χ4v) is 1.10. The summed E-state index contributed by atoms with van der Waals surface area (Å²) < 4.78 is 84.5. The molecule has 0 saturated heterocycles. The Bertz CT molecular complexity index is 393. The number of hydrogen-bond donors (Lipinski definition) is 1. The predicted molar refractivity (Wildman–Crippen MR) is 44.3 cm³/mol. The molecule has 1 nitrogen and oxygen atoms in total. The summed E-state index contributed by atoms with van der Waals surface area (Å²) in [5.74, 6) is -1.60. The van der Waals surface area contributed by atoms with Gasteiger partial charge < -0.3 is 0 Å². The van der Waals surface area contributed by atoms with E-state index in [4.69, 9.17) is 0 Å². The van der Waals surface area contributed by atoms with Gasteiger partial charge >= 0.3 is 12.5 Å². The highest BCUT2D eigenvalue weighted by molar-refractivity contribution is 5.26. The first-order valence-electron chi connectivity index (χ1n) is 4.27. The average Bonchev–Trinajstić information content (AvgIpc) is 2.11. The van der Waals surface area contributed by atoms with E-state index in [1.165, 1.54) is 0 Å². The lowest BCUT2D eigenvalue weighted by Gasteiger charge is -2.11. The fraction of sp³-hybridized carbons (Fsp3) is 0.333. The maximum absolute atomic E-state index is 12.9. The zero-order chi connectivity index (χ0) is 13.3. The Morgan fingerprint density at radius 3 is 2.00 bits per heavy atom. The molecule has 17 heavy (non-hydrogen) atoms. The molecule has 0 aliphatic carbocycles. The molecule has 0 heterocycles. The Balaban J connectivity index is 2.83. The summed E-state index contributed by atoms with van der Waals surface area (Å²) in [4.78, 5) is 0. The van der Waals surface area contributed by atoms with Gasteiger partial charge in [-0.05, 0) is 17.7 Å². The van der Waals surface area contributed by atoms with Crippen LogP contribution in [0.4, 0.5) is 30.7 Å². The quantitative estimate of drug-likeness (QED) is 0.635. The van der Waals surface area contributed by atoms with Crippen LogP contribution in [0.5, 0.6) is 0 Å². The Hall–Kier alpha value is -1.31. The fourth-order valence-electron chi connectivity index (χ4n) is 1.10. The van der Waals surface area contributed by atoms with Crippen molar-refractivity contribution in [2.75, 3.05) is 0 Å². The van der Waals surface area contributed by atoms with E-state index in [0.29, 0.717) is 12.1 Å². The monoisotopic (exact) mass is 261 g/mol. The molecule has 1 N–H and O–H groups in total. The molecule has 0 radical (unpaired) electrons. The van der Waals surface area contributed by atoms with Gasteiger partial charge in [-0.25, -0.2) is 9.71 Å². The number of alkyl halides is 6. The van der Waals surface area contributed by atoms with E-state index in [9.17, 15) is 30.7 Å². The third-order valence-corrected chi connectivity index (χ3v) is 1.83. The van der Waals surface area contributed by atoms with Crippen LogP contribution in [0.25, 0.3) is 0 Å². The van der Waals surface area contributed by atoms with Crippen LogP contribution < -0.4 is 5.32 Å². The van der Waals surface area contributed by atoms with Gasteiger partial charge in [-0.2, -0.15) is 26.3 Å². The third kappa shape index (κ3) is 4.22. The van der Waals surface area contributed by atoms with Crippen molar-refractivity contribution in [3.05, 3.63) is 35.1 Å². The summed E-state index contributed by atoms with van der Waals surface area (Å²) in [6, 6.07) is 1.61. The molecule has 0 aromatic heterocycles. The molecule has 0 amide bonds. The molecule has 0 aliphatic heterocycles. The molecule has 1 rings (SSSR count). The second kappa shape index (κ2) is 4.52. The largest absolute Gasteiger partial charge is 0.457 e. The van der Waals surface area contributed by atoms with Gasteiger partial charge in [0.25, 0.3) is 0 Å². The first kappa shape index (κ1) is 13.8. The summed E-state index contributed by atoms with van der Waals surface area (Å²) >= 11 is 0. The Kier molecular flexibility index (Phi) is 3.65. The van der Waals surface area contributed by atoms with Crippen LogP contribution in [0.1, 0.15) is 11.1 Å². The molecule has 0 aliphatic rings. The molecule has 0 bridgehead atoms. The number of halogens is 7. The number of hydrogen-bond acceptors (Lipinski definition) is 1. The summed E-state index contributed by atoms with van der Waals surface area (Å²) in [6.07, 6.45) is -9.53. The zero-order valence-electron chi connectivity index (χ0n) is 8.08. The molecular weight excluding hydrogens is 255 g/mol. The van der Waals surface area contributed by atoms with Crippen LogP contribution in [0, 0.1) is 5.82 Å². The molecule has 0 unspecified atom stereocenters. The maximum atomic E-state index is 12.9. The van der Waals surface area contributed by atoms with Gasteiger partial charge in [0, 0.05) is 6.54 Å². The van der Waals surface area contributed by atoms with Gasteiger partial charge in [0.15, 0.2) is 0 Å². The van der Waals surface area contributed by atoms with E-state index >= 15 is 0 Å². The minimum absolute atomic E-state index is 0.229. The summed E-state index contributed by atoms with van der Waals surface area (Å²) in [5, 5.41) is 1.08. The third-order valence-electron chi connectivity index (χ3n) is 1.83. The normalized spacial score (nSPS) is 12.9. The van der Waals surface area contributed by atoms with Crippen molar-refractivity contribution in [3.8, 4) is 0 Å². The van der Waals surface area contributed by atoms with Crippen LogP contribution >= 0.6 is 0 Å². The smallest absolute Gasteiger partial charge is 0.224 e. The van der Waals surface area contributed by atoms with Crippen molar-refractivity contribution in [2.45, 2.75) is 19.0 Å². The van der Waals surface area contributed by atoms with E-state index in [-0.39, 0.29) is 5.56 Å². The Morgan fingerprint density at radius 1 is 1.00 bits per heavy atom. The second-order valence-corrected chi connectivity index (χ2v) is 3.16. The lowest BCUT2D eigenvalue weighted by molar-refractivity contribution is -0.158. The number of nitrogens with one attached hydrogen (secondary N) is 1. The lowest BCUT2D eigenvalue weighted by atomic mass is 10.1. The number of benzene rings is 1. The van der Waals surface area contributed by atoms with E-state index in [1.54, 1.807) is 0 Å². The van der Waals surface area contributed by atoms with Crippen molar-refractivity contribution in [2.24, 2.45) is 0 Å². The van der Waals surface area contributed by atoms with Crippen molar-refractivity contribution in [1.29, 1.82) is 0 Å². The molecule has 0 spiro atoms. The van der Waals surface area contributed by atoms with Gasteiger partial charge in [-0.15, -0.1) is 0 Å². The first-order chi connectivity index (χ1) is 7.59. The van der Waals surface area contributed by atoms with E-state index < -0.39 is 30.4 Å². The van der Waals surface area contributed by atoms with Crippen molar-refractivity contribution in [1.82, 2.24) is 5.32 Å². The topological polar surface area (TPSA) is 12.0 Å². The minimum atomic E-state index is -4.86. The van der Waals surface area contributed by atoms with Crippen LogP contribution in [-0.4, -0.2) is 6.30 Å². The lowest BCUT2D eigenvalue weighted by Crippen LogP contribution is -2.30. The zero-order valence-corrected chi connectivity index (χ0v) is 8.08. The summed E-state index contributed by atoms with van der Waals surface area (Å²) in [7, 11) is 0. The molecule has 0 saturated carbocycles. The molecule has 1 aromatic rings. The maximum Gasteiger partial charge on any atom is 0.457 e. The average molecular weight is 261 g/mol. The van der Waals surface area contributed by atoms with Crippen molar-refractivity contribution >= 4 is 0 Å². The van der Waals surface area contributed by atoms with Gasteiger partial charge in [-0.3, -0.25) is 0 Å². The van der Waals surface area contributed by atoms with Crippen LogP contribution in [0.15, 0.2) is 18.2 Å². The molecule has 8 heteroatoms. The Morgan fingerprint density at radius 2 is 1.59 bits per heavy atom. The van der Waals surface area contributed by atoms with Gasteiger partial charge in [0.2, 0.25) is 0 Å². The van der Waals surface area contributed by atoms with Gasteiger partial charge in [0.05, 0.1) is 5.56 Å². The number of rotatable bonds is 2. The summed E-state index contributed by atoms with van der Waals surface area (Å²) in [6.45, 7) is -0.793. The van der Waals surface area contributed by atoms with Gasteiger partial charge in [-0.1, -0.05) is 6.07 Å². The van der Waals surface area contributed by atoms with Crippen LogP contribution in [0.2, 0.25) is 0 Å². The molecule has 0 atom stereocenters. The SMILES string of the molecule is Fc1cc(CNC(F)(F)F)ccc1C(F)(F)F. The van der Waals surface area contributed by atoms with E-state index in [0.717, 1.165) is 11.4 Å². The standard InChI is InChI=1S/C9H6F7N/c10-7-3-5(4-17-9(14,15)16)1-2-6(7)8(11,12)13/h1-3,17H,4H2. The van der Waals surface area contributed by atoms with Crippen molar-refractivity contribution < 1.29 is 30.7 Å². The van der Waals surface area contributed by atoms with Crippen molar-refractivity contribution in [3.63, 3.8) is 0 Å². The minimum Gasteiger partial charge on any atom is -0.224 e. The molecular formula is C9H6F7N. The first-order valence-corrected chi connectivity index (χ1v) is 4.27. The predicted octanol–water partition coefficient (Wildman–Crippen LogP) is 3.45. The highest BCUT2D eigenvalue weighted by Crippen LogP contribution is 2.31. The van der Waals surface area contributed by atoms with Gasteiger partial charge in [0.1, 0.15) is 5.82 Å². The van der Waals surface area contributed by atoms with E-state index in [1.807, 2.05) is 0 Å². The van der Waals surface area contributed by atoms with E-state index in [2.05, 4.69) is 0 Å². The molecule has 96 valence electrons. The highest BCUT2D eigenvalue weighted by atomic mass is 19.4. The Labute approximate surface area is 91.2 Å². The molecule has 1 aromatic carbocycles. The summed E-state index contributed by atoms with van der Waals surface area (Å²) in [5.41, 5.74) is -1.74. The highest BCUT2D eigenvalue weighted by Gasteiger charge is 2.34. The van der Waals surface area contributed by atoms with Crippen LogP contribution in [0.3, 0.4) is 0 Å². The molecule has 0 fully saturated rings. The second-order valence-electron chi connectivity index (χ2n) is 3.16. The van der Waals surface area contributed by atoms with Crippen LogP contribution in [-0.2, 0) is 12.7 Å².